The molecule has 0 aliphatic heterocycles. The molecular weight excluding hydrogens is 312 g/mol. The molecule has 1 saturated carbocycles. The summed E-state index contributed by atoms with van der Waals surface area (Å²) in [5.41, 5.74) is 0.521. The third-order valence-corrected chi connectivity index (χ3v) is 4.46. The summed E-state index contributed by atoms with van der Waals surface area (Å²) in [6.45, 7) is 1.91. The lowest BCUT2D eigenvalue weighted by molar-refractivity contribution is -0.148. The summed E-state index contributed by atoms with van der Waals surface area (Å²) in [6.07, 6.45) is 1.77. The highest BCUT2D eigenvalue weighted by atomic mass is 79.9. The van der Waals surface area contributed by atoms with Crippen LogP contribution in [0.5, 0.6) is 0 Å². The molecule has 6 heteroatoms. The number of benzene rings is 1. The average molecular weight is 327 g/mol. The Morgan fingerprint density at radius 1 is 1.37 bits per heavy atom. The Labute approximate surface area is 119 Å². The van der Waals surface area contributed by atoms with Gasteiger partial charge < -0.3 is 15.7 Å². The van der Waals surface area contributed by atoms with Crippen LogP contribution in [-0.2, 0) is 4.79 Å². The maximum Gasteiger partial charge on any atom is 0.329 e. The van der Waals surface area contributed by atoms with E-state index in [1.54, 1.807) is 6.07 Å². The van der Waals surface area contributed by atoms with Gasteiger partial charge in [-0.05, 0) is 53.7 Å². The monoisotopic (exact) mass is 326 g/mol. The van der Waals surface area contributed by atoms with E-state index in [4.69, 9.17) is 5.11 Å². The number of hydrogen-bond acceptors (Lipinski definition) is 2. The van der Waals surface area contributed by atoms with Crippen molar-refractivity contribution in [2.45, 2.75) is 31.7 Å². The fourth-order valence-corrected chi connectivity index (χ4v) is 2.40. The number of rotatable bonds is 3. The molecule has 0 aromatic heterocycles. The van der Waals surface area contributed by atoms with Gasteiger partial charge in [-0.15, -0.1) is 0 Å². The van der Waals surface area contributed by atoms with Crippen molar-refractivity contribution in [3.05, 3.63) is 28.2 Å². The molecule has 1 aromatic carbocycles. The highest BCUT2D eigenvalue weighted by molar-refractivity contribution is 9.10. The first-order valence-corrected chi connectivity index (χ1v) is 6.81. The number of nitrogens with one attached hydrogen (secondary N) is 2. The molecule has 0 atom stereocenters. The van der Waals surface area contributed by atoms with Crippen LogP contribution in [0.15, 0.2) is 22.7 Å². The van der Waals surface area contributed by atoms with Crippen LogP contribution < -0.4 is 10.6 Å². The van der Waals surface area contributed by atoms with E-state index < -0.39 is 17.5 Å². The average Bonchev–Trinajstić information content (AvgIpc) is 2.29. The lowest BCUT2D eigenvalue weighted by Gasteiger charge is -2.38. The third kappa shape index (κ3) is 2.73. The molecule has 0 bridgehead atoms. The first-order valence-electron chi connectivity index (χ1n) is 6.02. The Balaban J connectivity index is 2.06. The van der Waals surface area contributed by atoms with Crippen LogP contribution in [0.25, 0.3) is 0 Å². The van der Waals surface area contributed by atoms with E-state index >= 15 is 0 Å². The summed E-state index contributed by atoms with van der Waals surface area (Å²) in [7, 11) is 0. The van der Waals surface area contributed by atoms with Crippen LogP contribution in [-0.4, -0.2) is 22.6 Å². The van der Waals surface area contributed by atoms with E-state index in [1.807, 2.05) is 19.1 Å². The van der Waals surface area contributed by atoms with E-state index in [0.29, 0.717) is 18.5 Å². The van der Waals surface area contributed by atoms with Gasteiger partial charge in [0.15, 0.2) is 0 Å². The van der Waals surface area contributed by atoms with E-state index in [2.05, 4.69) is 26.6 Å². The molecule has 0 spiro atoms. The molecular formula is C13H15BrN2O3. The molecule has 1 aromatic rings. The van der Waals surface area contributed by atoms with Crippen molar-refractivity contribution in [2.24, 2.45) is 0 Å². The zero-order chi connectivity index (χ0) is 14.0. The second-order valence-electron chi connectivity index (χ2n) is 4.76. The Kier molecular flexibility index (Phi) is 3.80. The molecule has 19 heavy (non-hydrogen) atoms. The number of carbonyl (C=O) groups excluding carboxylic acids is 1. The van der Waals surface area contributed by atoms with Gasteiger partial charge in [0, 0.05) is 4.47 Å². The number of anilines is 1. The minimum atomic E-state index is -1.10. The van der Waals surface area contributed by atoms with E-state index in [0.717, 1.165) is 16.5 Å². The molecule has 1 fully saturated rings. The summed E-state index contributed by atoms with van der Waals surface area (Å²) in [4.78, 5) is 23.0. The Hall–Kier alpha value is -1.56. The molecule has 3 N–H and O–H groups in total. The minimum Gasteiger partial charge on any atom is -0.480 e. The fraction of sp³-hybridized carbons (Fsp3) is 0.385. The first kappa shape index (κ1) is 13.9. The maximum atomic E-state index is 11.9. The van der Waals surface area contributed by atoms with Crippen molar-refractivity contribution >= 4 is 33.6 Å². The summed E-state index contributed by atoms with van der Waals surface area (Å²) >= 11 is 3.39. The smallest absolute Gasteiger partial charge is 0.329 e. The van der Waals surface area contributed by atoms with Gasteiger partial charge in [0.25, 0.3) is 0 Å². The van der Waals surface area contributed by atoms with Gasteiger partial charge in [-0.1, -0.05) is 12.1 Å². The predicted octanol–water partition coefficient (Wildman–Crippen LogP) is 2.89. The van der Waals surface area contributed by atoms with Gasteiger partial charge >= 0.3 is 12.0 Å². The number of aliphatic carboxylic acids is 1. The van der Waals surface area contributed by atoms with Crippen LogP contribution in [0, 0.1) is 6.92 Å². The molecule has 1 aliphatic rings. The van der Waals surface area contributed by atoms with Crippen LogP contribution >= 0.6 is 15.9 Å². The predicted molar refractivity (Wildman–Crippen MR) is 75.3 cm³/mol. The Bertz CT molecular complexity index is 527. The lowest BCUT2D eigenvalue weighted by Crippen LogP contribution is -2.60. The number of amides is 2. The van der Waals surface area contributed by atoms with Gasteiger partial charge in [-0.2, -0.15) is 0 Å². The zero-order valence-electron chi connectivity index (χ0n) is 10.5. The molecule has 1 aliphatic carbocycles. The second kappa shape index (κ2) is 5.21. The number of aryl methyl sites for hydroxylation is 1. The molecule has 0 radical (unpaired) electrons. The van der Waals surface area contributed by atoms with Gasteiger partial charge in [-0.3, -0.25) is 0 Å². The summed E-state index contributed by atoms with van der Waals surface area (Å²) < 4.78 is 0.795. The molecule has 2 amide bonds. The number of carbonyl (C=O) groups is 2. The van der Waals surface area contributed by atoms with E-state index in [1.165, 1.54) is 0 Å². The number of carboxylic acids is 1. The van der Waals surface area contributed by atoms with Gasteiger partial charge in [0.2, 0.25) is 0 Å². The SMILES string of the molecule is Cc1cccc(NC(=O)NC2(C(=O)O)CCC2)c1Br. The number of urea groups is 1. The van der Waals surface area contributed by atoms with Crippen LogP contribution in [0.1, 0.15) is 24.8 Å². The lowest BCUT2D eigenvalue weighted by atomic mass is 9.77. The standard InChI is InChI=1S/C13H15BrN2O3/c1-8-4-2-5-9(10(8)14)15-12(19)16-13(11(17)18)6-3-7-13/h2,4-5H,3,6-7H2,1H3,(H,17,18)(H2,15,16,19). The van der Waals surface area contributed by atoms with Crippen LogP contribution in [0.3, 0.4) is 0 Å². The summed E-state index contributed by atoms with van der Waals surface area (Å²) in [6, 6.07) is 5.00. The Morgan fingerprint density at radius 3 is 2.58 bits per heavy atom. The van der Waals surface area contributed by atoms with Crippen molar-refractivity contribution in [1.82, 2.24) is 5.32 Å². The van der Waals surface area contributed by atoms with E-state index in [-0.39, 0.29) is 0 Å². The summed E-state index contributed by atoms with van der Waals surface area (Å²) in [5.74, 6) is -0.975. The van der Waals surface area contributed by atoms with Gasteiger partial charge in [0.05, 0.1) is 5.69 Å². The third-order valence-electron chi connectivity index (χ3n) is 3.41. The zero-order valence-corrected chi connectivity index (χ0v) is 12.1. The van der Waals surface area contributed by atoms with Crippen LogP contribution in [0.4, 0.5) is 10.5 Å². The Morgan fingerprint density at radius 2 is 2.05 bits per heavy atom. The molecule has 0 unspecified atom stereocenters. The highest BCUT2D eigenvalue weighted by Crippen LogP contribution is 2.32. The number of carboxylic acid groups (broad SMARTS) is 1. The largest absolute Gasteiger partial charge is 0.480 e. The number of halogens is 1. The van der Waals surface area contributed by atoms with E-state index in [9.17, 15) is 9.59 Å². The molecule has 5 nitrogen and oxygen atoms in total. The first-order chi connectivity index (χ1) is 8.94. The quantitative estimate of drug-likeness (QED) is 0.799. The molecule has 0 heterocycles. The second-order valence-corrected chi connectivity index (χ2v) is 5.55. The van der Waals surface area contributed by atoms with Crippen molar-refractivity contribution < 1.29 is 14.7 Å². The highest BCUT2D eigenvalue weighted by Gasteiger charge is 2.45. The fourth-order valence-electron chi connectivity index (χ4n) is 2.04. The molecule has 102 valence electrons. The topological polar surface area (TPSA) is 78.4 Å². The van der Waals surface area contributed by atoms with Crippen LogP contribution in [0.2, 0.25) is 0 Å². The van der Waals surface area contributed by atoms with Crippen molar-refractivity contribution in [3.63, 3.8) is 0 Å². The molecule has 2 rings (SSSR count). The normalized spacial score (nSPS) is 16.3. The van der Waals surface area contributed by atoms with Crippen molar-refractivity contribution in [1.29, 1.82) is 0 Å². The summed E-state index contributed by atoms with van der Waals surface area (Å²) in [5, 5.41) is 14.4. The maximum absolute atomic E-state index is 11.9. The minimum absolute atomic E-state index is 0.477. The van der Waals surface area contributed by atoms with Gasteiger partial charge in [-0.25, -0.2) is 9.59 Å². The van der Waals surface area contributed by atoms with Gasteiger partial charge in [0.1, 0.15) is 5.54 Å². The van der Waals surface area contributed by atoms with Crippen molar-refractivity contribution in [2.75, 3.05) is 5.32 Å². The number of hydrogen-bond donors (Lipinski definition) is 3. The van der Waals surface area contributed by atoms with Crippen molar-refractivity contribution in [3.8, 4) is 0 Å². The molecule has 0 saturated heterocycles.